The third-order valence-electron chi connectivity index (χ3n) is 4.67. The molecule has 0 bridgehead atoms. The molecule has 3 rings (SSSR count). The van der Waals surface area contributed by atoms with E-state index in [1.165, 1.54) is 0 Å². The van der Waals surface area contributed by atoms with Gasteiger partial charge < -0.3 is 19.5 Å². The van der Waals surface area contributed by atoms with Crippen molar-refractivity contribution in [2.75, 3.05) is 6.61 Å². The third-order valence-corrected chi connectivity index (χ3v) is 5.44. The lowest BCUT2D eigenvalue weighted by Crippen LogP contribution is -2.53. The number of cyclic esters (lactones) is 1. The van der Waals surface area contributed by atoms with E-state index < -0.39 is 23.6 Å². The molecule has 31 heavy (non-hydrogen) atoms. The first-order valence-corrected chi connectivity index (χ1v) is 10.5. The summed E-state index contributed by atoms with van der Waals surface area (Å²) in [4.78, 5) is 37.5. The van der Waals surface area contributed by atoms with Crippen molar-refractivity contribution in [1.29, 1.82) is 0 Å². The van der Waals surface area contributed by atoms with Gasteiger partial charge in [-0.1, -0.05) is 60.7 Å². The van der Waals surface area contributed by atoms with E-state index in [-0.39, 0.29) is 36.3 Å². The topological polar surface area (TPSA) is 90.9 Å². The second kappa shape index (κ2) is 10.3. The SMILES string of the molecule is CCOC(=O)/C(Br)=C1\C[C@@](Cc2ccccc2)(NC(=O)OCc2ccccc2)C(=O)O1. The van der Waals surface area contributed by atoms with Gasteiger partial charge in [-0.25, -0.2) is 14.4 Å². The van der Waals surface area contributed by atoms with Crippen LogP contribution < -0.4 is 5.32 Å². The lowest BCUT2D eigenvalue weighted by atomic mass is 9.88. The van der Waals surface area contributed by atoms with Crippen LogP contribution >= 0.6 is 15.9 Å². The Bertz CT molecular complexity index is 976. The number of carbonyl (C=O) groups excluding carboxylic acids is 3. The number of amides is 1. The molecule has 0 radical (unpaired) electrons. The maximum absolute atomic E-state index is 12.9. The number of rotatable bonds is 7. The smallest absolute Gasteiger partial charge is 0.408 e. The Labute approximate surface area is 188 Å². The summed E-state index contributed by atoms with van der Waals surface area (Å²) in [5, 5.41) is 2.67. The van der Waals surface area contributed by atoms with Crippen LogP contribution in [0.3, 0.4) is 0 Å². The van der Waals surface area contributed by atoms with E-state index in [1.54, 1.807) is 6.92 Å². The fraction of sp³-hybridized carbons (Fsp3) is 0.261. The Morgan fingerprint density at radius 3 is 2.26 bits per heavy atom. The summed E-state index contributed by atoms with van der Waals surface area (Å²) in [7, 11) is 0. The molecule has 8 heteroatoms. The van der Waals surface area contributed by atoms with Crippen molar-refractivity contribution >= 4 is 34.0 Å². The Hall–Kier alpha value is -3.13. The van der Waals surface area contributed by atoms with E-state index in [0.717, 1.165) is 11.1 Å². The summed E-state index contributed by atoms with van der Waals surface area (Å²) in [5.41, 5.74) is 0.210. The molecule has 0 saturated carbocycles. The Balaban J connectivity index is 1.82. The summed E-state index contributed by atoms with van der Waals surface area (Å²) >= 11 is 3.15. The van der Waals surface area contributed by atoms with Crippen LogP contribution in [0.2, 0.25) is 0 Å². The van der Waals surface area contributed by atoms with Crippen molar-refractivity contribution in [3.05, 3.63) is 82.0 Å². The first-order valence-electron chi connectivity index (χ1n) is 9.74. The molecule has 1 fully saturated rings. The number of halogens is 1. The highest BCUT2D eigenvalue weighted by atomic mass is 79.9. The predicted molar refractivity (Wildman–Crippen MR) is 116 cm³/mol. The molecular formula is C23H22BrNO6. The first kappa shape index (κ1) is 22.6. The van der Waals surface area contributed by atoms with Gasteiger partial charge in [-0.3, -0.25) is 0 Å². The molecule has 162 valence electrons. The van der Waals surface area contributed by atoms with Gasteiger partial charge in [0.05, 0.1) is 6.61 Å². The molecule has 0 aliphatic carbocycles. The number of nitrogens with one attached hydrogen (secondary N) is 1. The van der Waals surface area contributed by atoms with Gasteiger partial charge in [0, 0.05) is 12.8 Å². The molecule has 1 aliphatic heterocycles. The van der Waals surface area contributed by atoms with Gasteiger partial charge in [0.25, 0.3) is 0 Å². The zero-order valence-corrected chi connectivity index (χ0v) is 18.5. The standard InChI is InChI=1S/C23H22BrNO6/c1-2-29-20(26)19(24)18-14-23(21(27)31-18,13-16-9-5-3-6-10-16)25-22(28)30-15-17-11-7-4-8-12-17/h3-12H,2,13-15H2,1H3,(H,25,28)/b19-18-/t23-/m1/s1. The van der Waals surface area contributed by atoms with E-state index in [4.69, 9.17) is 14.2 Å². The van der Waals surface area contributed by atoms with Gasteiger partial charge in [0.1, 0.15) is 16.8 Å². The number of hydrogen-bond donors (Lipinski definition) is 1. The number of hydrogen-bond acceptors (Lipinski definition) is 6. The van der Waals surface area contributed by atoms with Crippen LogP contribution in [-0.2, 0) is 36.8 Å². The van der Waals surface area contributed by atoms with E-state index >= 15 is 0 Å². The Morgan fingerprint density at radius 1 is 1.03 bits per heavy atom. The highest BCUT2D eigenvalue weighted by molar-refractivity contribution is 9.12. The zero-order valence-electron chi connectivity index (χ0n) is 16.9. The predicted octanol–water partition coefficient (Wildman–Crippen LogP) is 4.01. The van der Waals surface area contributed by atoms with Crippen molar-refractivity contribution in [3.8, 4) is 0 Å². The van der Waals surface area contributed by atoms with Crippen molar-refractivity contribution < 1.29 is 28.6 Å². The van der Waals surface area contributed by atoms with Gasteiger partial charge in [0.2, 0.25) is 0 Å². The minimum absolute atomic E-state index is 0.0112. The number of alkyl carbamates (subject to hydrolysis) is 1. The van der Waals surface area contributed by atoms with Crippen LogP contribution in [-0.4, -0.2) is 30.2 Å². The second-order valence-electron chi connectivity index (χ2n) is 6.96. The number of carbonyl (C=O) groups is 3. The average molecular weight is 488 g/mol. The van der Waals surface area contributed by atoms with Crippen LogP contribution in [0.5, 0.6) is 0 Å². The molecule has 2 aromatic rings. The number of benzene rings is 2. The van der Waals surface area contributed by atoms with Crippen LogP contribution in [0, 0.1) is 0 Å². The monoisotopic (exact) mass is 487 g/mol. The third kappa shape index (κ3) is 5.73. The summed E-state index contributed by atoms with van der Waals surface area (Å²) in [6.07, 6.45) is -0.620. The zero-order chi connectivity index (χ0) is 22.3. The molecule has 1 amide bonds. The van der Waals surface area contributed by atoms with Crippen molar-refractivity contribution in [3.63, 3.8) is 0 Å². The van der Waals surface area contributed by atoms with Crippen LogP contribution in [0.1, 0.15) is 24.5 Å². The van der Waals surface area contributed by atoms with Gasteiger partial charge in [-0.05, 0) is 34.0 Å². The van der Waals surface area contributed by atoms with Crippen molar-refractivity contribution in [2.24, 2.45) is 0 Å². The minimum Gasteiger partial charge on any atom is -0.462 e. The highest BCUT2D eigenvalue weighted by Gasteiger charge is 2.50. The molecule has 1 N–H and O–H groups in total. The molecule has 0 aromatic heterocycles. The quantitative estimate of drug-likeness (QED) is 0.360. The second-order valence-corrected chi connectivity index (χ2v) is 7.75. The van der Waals surface area contributed by atoms with Crippen molar-refractivity contribution in [1.82, 2.24) is 5.32 Å². The maximum Gasteiger partial charge on any atom is 0.408 e. The minimum atomic E-state index is -1.42. The summed E-state index contributed by atoms with van der Waals surface area (Å²) in [6, 6.07) is 18.4. The average Bonchev–Trinajstić information content (AvgIpc) is 3.08. The normalized spacial score (nSPS) is 19.4. The van der Waals surface area contributed by atoms with Gasteiger partial charge in [-0.15, -0.1) is 0 Å². The fourth-order valence-corrected chi connectivity index (χ4v) is 3.53. The van der Waals surface area contributed by atoms with Crippen LogP contribution in [0.25, 0.3) is 0 Å². The van der Waals surface area contributed by atoms with E-state index in [2.05, 4.69) is 21.2 Å². The summed E-state index contributed by atoms with van der Waals surface area (Å²) < 4.78 is 15.6. The molecule has 2 aromatic carbocycles. The molecule has 1 saturated heterocycles. The molecule has 0 unspecified atom stereocenters. The van der Waals surface area contributed by atoms with Crippen LogP contribution in [0.4, 0.5) is 4.79 Å². The molecule has 7 nitrogen and oxygen atoms in total. The molecule has 1 atom stereocenters. The van der Waals surface area contributed by atoms with Gasteiger partial charge in [0.15, 0.2) is 5.54 Å². The lowest BCUT2D eigenvalue weighted by molar-refractivity contribution is -0.141. The largest absolute Gasteiger partial charge is 0.462 e. The maximum atomic E-state index is 12.9. The summed E-state index contributed by atoms with van der Waals surface area (Å²) in [5.74, 6) is -1.22. The van der Waals surface area contributed by atoms with Crippen LogP contribution in [0.15, 0.2) is 70.9 Å². The van der Waals surface area contributed by atoms with Gasteiger partial charge >= 0.3 is 18.0 Å². The Kier molecular flexibility index (Phi) is 7.46. The van der Waals surface area contributed by atoms with E-state index in [1.807, 2.05) is 60.7 Å². The molecule has 0 spiro atoms. The van der Waals surface area contributed by atoms with E-state index in [0.29, 0.717) is 0 Å². The first-order chi connectivity index (χ1) is 14.9. The van der Waals surface area contributed by atoms with Crippen molar-refractivity contribution in [2.45, 2.75) is 31.9 Å². The lowest BCUT2D eigenvalue weighted by Gasteiger charge is -2.25. The number of ether oxygens (including phenoxy) is 3. The molecule has 1 heterocycles. The molecular weight excluding hydrogens is 466 g/mol. The number of esters is 2. The fourth-order valence-electron chi connectivity index (χ4n) is 3.20. The highest BCUT2D eigenvalue weighted by Crippen LogP contribution is 2.35. The van der Waals surface area contributed by atoms with E-state index in [9.17, 15) is 14.4 Å². The Morgan fingerprint density at radius 2 is 1.65 bits per heavy atom. The van der Waals surface area contributed by atoms with Gasteiger partial charge in [-0.2, -0.15) is 0 Å². The molecule has 1 aliphatic rings. The summed E-state index contributed by atoms with van der Waals surface area (Å²) in [6.45, 7) is 1.90.